The number of hydrogen-bond donors (Lipinski definition) is 1. The molecule has 3 aliphatic carbocycles. The van der Waals surface area contributed by atoms with Crippen molar-refractivity contribution in [2.24, 2.45) is 17.3 Å². The maximum atomic E-state index is 10.3. The molecule has 0 aromatic heterocycles. The molecule has 1 heterocycles. The number of aliphatic hydroxyl groups excluding tert-OH is 1. The molecule has 1 aliphatic heterocycles. The topological polar surface area (TPSA) is 35.9 Å². The Labute approximate surface area is 147 Å². The Morgan fingerprint density at radius 1 is 1.38 bits per heavy atom. The van der Waals surface area contributed by atoms with Crippen LogP contribution in [-0.4, -0.2) is 74.0 Å². The van der Waals surface area contributed by atoms with E-state index >= 15 is 0 Å². The Bertz CT molecular complexity index is 455. The lowest BCUT2D eigenvalue weighted by Gasteiger charge is -2.56. The van der Waals surface area contributed by atoms with Gasteiger partial charge in [0.2, 0.25) is 0 Å². The van der Waals surface area contributed by atoms with Gasteiger partial charge < -0.3 is 19.6 Å². The quantitative estimate of drug-likeness (QED) is 0.724. The molecule has 0 amide bonds. The van der Waals surface area contributed by atoms with E-state index in [0.717, 1.165) is 19.0 Å². The molecular weight excluding hydrogens is 300 g/mol. The first-order chi connectivity index (χ1) is 11.4. The van der Waals surface area contributed by atoms with E-state index in [4.69, 9.17) is 4.74 Å². The fraction of sp³-hybridized carbons (Fsp3) is 0.900. The minimum Gasteiger partial charge on any atom is -0.389 e. The van der Waals surface area contributed by atoms with Crippen molar-refractivity contribution in [3.63, 3.8) is 0 Å². The molecule has 24 heavy (non-hydrogen) atoms. The van der Waals surface area contributed by atoms with Crippen molar-refractivity contribution in [1.29, 1.82) is 0 Å². The molecule has 0 aromatic carbocycles. The van der Waals surface area contributed by atoms with Crippen molar-refractivity contribution >= 4 is 0 Å². The summed E-state index contributed by atoms with van der Waals surface area (Å²) < 4.78 is 5.88. The first kappa shape index (κ1) is 18.4. The van der Waals surface area contributed by atoms with Gasteiger partial charge >= 0.3 is 0 Å². The molecule has 4 rings (SSSR count). The molecule has 2 bridgehead atoms. The van der Waals surface area contributed by atoms with E-state index in [9.17, 15) is 5.11 Å². The van der Waals surface area contributed by atoms with Gasteiger partial charge in [-0.3, -0.25) is 0 Å². The maximum absolute atomic E-state index is 10.3. The van der Waals surface area contributed by atoms with E-state index in [0.29, 0.717) is 37.1 Å². The van der Waals surface area contributed by atoms with Crippen molar-refractivity contribution in [1.82, 2.24) is 9.80 Å². The van der Waals surface area contributed by atoms with Gasteiger partial charge in [0.25, 0.3) is 0 Å². The Balaban J connectivity index is 1.35. The van der Waals surface area contributed by atoms with Gasteiger partial charge in [-0.1, -0.05) is 19.9 Å². The van der Waals surface area contributed by atoms with Crippen LogP contribution in [0.5, 0.6) is 0 Å². The average molecular weight is 337 g/mol. The summed E-state index contributed by atoms with van der Waals surface area (Å²) in [7, 11) is 4.32. The highest BCUT2D eigenvalue weighted by Crippen LogP contribution is 2.59. The number of hydrogen-bond acceptors (Lipinski definition) is 4. The standard InChI is InChI=1S/C20H36N2O2/c1-20(2)16-6-5-15(19(20)11-16)13-24-14-18(23)12-22(4)17-7-9-21(3)10-8-17/h5,16-19,23H,6-14H2,1-4H3/t16-,18-,19-/m1/s1. The zero-order valence-electron chi connectivity index (χ0n) is 16.0. The summed E-state index contributed by atoms with van der Waals surface area (Å²) in [5, 5.41) is 10.3. The molecule has 0 radical (unpaired) electrons. The molecule has 4 heteroatoms. The maximum Gasteiger partial charge on any atom is 0.0900 e. The van der Waals surface area contributed by atoms with Crippen LogP contribution >= 0.6 is 0 Å². The second-order valence-electron chi connectivity index (χ2n) is 8.96. The normalized spacial score (nSPS) is 31.7. The van der Waals surface area contributed by atoms with Crippen LogP contribution in [0.4, 0.5) is 0 Å². The van der Waals surface area contributed by atoms with Crippen LogP contribution < -0.4 is 0 Å². The van der Waals surface area contributed by atoms with E-state index in [1.165, 1.54) is 31.3 Å². The number of allylic oxidation sites excluding steroid dienone is 1. The summed E-state index contributed by atoms with van der Waals surface area (Å²) in [5.74, 6) is 1.58. The van der Waals surface area contributed by atoms with Gasteiger partial charge in [-0.25, -0.2) is 0 Å². The number of likely N-dealkylation sites (tertiary alicyclic amines) is 1. The van der Waals surface area contributed by atoms with E-state index in [1.54, 1.807) is 0 Å². The third-order valence-corrected chi connectivity index (χ3v) is 6.97. The summed E-state index contributed by atoms with van der Waals surface area (Å²) in [6.45, 7) is 8.97. The first-order valence-corrected chi connectivity index (χ1v) is 9.71. The van der Waals surface area contributed by atoms with Crippen LogP contribution in [-0.2, 0) is 4.74 Å². The van der Waals surface area contributed by atoms with Gasteiger partial charge in [0.05, 0.1) is 19.3 Å². The SMILES string of the molecule is CN1CCC(N(C)C[C@@H](O)COCC2=CC[C@@H]3C[C@H]2C3(C)C)CC1. The highest BCUT2D eigenvalue weighted by atomic mass is 16.5. The van der Waals surface area contributed by atoms with E-state index < -0.39 is 0 Å². The monoisotopic (exact) mass is 336 g/mol. The second kappa shape index (κ2) is 7.45. The fourth-order valence-electron chi connectivity index (χ4n) is 4.92. The van der Waals surface area contributed by atoms with Gasteiger partial charge in [0.15, 0.2) is 0 Å². The van der Waals surface area contributed by atoms with Crippen molar-refractivity contribution in [2.75, 3.05) is 46.9 Å². The molecule has 0 spiro atoms. The van der Waals surface area contributed by atoms with Crippen molar-refractivity contribution in [2.45, 2.75) is 51.7 Å². The Hall–Kier alpha value is -0.420. The molecule has 0 aromatic rings. The Morgan fingerprint density at radius 3 is 2.71 bits per heavy atom. The summed E-state index contributed by atoms with van der Waals surface area (Å²) in [4.78, 5) is 4.70. The Morgan fingerprint density at radius 2 is 2.08 bits per heavy atom. The molecule has 138 valence electrons. The summed E-state index contributed by atoms with van der Waals surface area (Å²) in [6.07, 6.45) is 6.95. The lowest BCUT2D eigenvalue weighted by molar-refractivity contribution is -0.0272. The second-order valence-corrected chi connectivity index (χ2v) is 8.96. The minimum atomic E-state index is -0.388. The van der Waals surface area contributed by atoms with E-state index in [1.807, 2.05) is 0 Å². The molecule has 4 aliphatic rings. The number of rotatable bonds is 7. The molecule has 3 atom stereocenters. The fourth-order valence-corrected chi connectivity index (χ4v) is 4.92. The molecule has 1 saturated carbocycles. The van der Waals surface area contributed by atoms with Gasteiger partial charge in [-0.05, 0) is 75.7 Å². The highest BCUT2D eigenvalue weighted by molar-refractivity contribution is 5.23. The molecule has 1 saturated heterocycles. The number of aliphatic hydroxyl groups is 1. The summed E-state index contributed by atoms with van der Waals surface area (Å²) in [6, 6.07) is 0.601. The third-order valence-electron chi connectivity index (χ3n) is 6.97. The minimum absolute atomic E-state index is 0.388. The Kier molecular flexibility index (Phi) is 5.70. The predicted molar refractivity (Wildman–Crippen MR) is 98.1 cm³/mol. The number of ether oxygens (including phenoxy) is 1. The lowest BCUT2D eigenvalue weighted by atomic mass is 9.49. The van der Waals surface area contributed by atoms with Gasteiger partial charge in [0.1, 0.15) is 0 Å². The smallest absolute Gasteiger partial charge is 0.0900 e. The van der Waals surface area contributed by atoms with E-state index in [2.05, 4.69) is 43.8 Å². The van der Waals surface area contributed by atoms with Gasteiger partial charge in [0, 0.05) is 12.6 Å². The number of likely N-dealkylation sites (N-methyl/N-ethyl adjacent to an activating group) is 1. The van der Waals surface area contributed by atoms with Crippen LogP contribution in [0.2, 0.25) is 0 Å². The number of nitrogens with zero attached hydrogens (tertiary/aromatic N) is 2. The summed E-state index contributed by atoms with van der Waals surface area (Å²) >= 11 is 0. The molecule has 0 unspecified atom stereocenters. The third kappa shape index (κ3) is 3.87. The highest BCUT2D eigenvalue weighted by Gasteiger charge is 2.50. The summed E-state index contributed by atoms with van der Waals surface area (Å²) in [5.41, 5.74) is 1.93. The predicted octanol–water partition coefficient (Wildman–Crippen LogP) is 2.38. The molecular formula is C20H36N2O2. The van der Waals surface area contributed by atoms with Crippen molar-refractivity contribution < 1.29 is 9.84 Å². The van der Waals surface area contributed by atoms with Crippen LogP contribution in [0.3, 0.4) is 0 Å². The zero-order valence-corrected chi connectivity index (χ0v) is 16.0. The molecule has 4 nitrogen and oxygen atoms in total. The van der Waals surface area contributed by atoms with Crippen LogP contribution in [0.25, 0.3) is 0 Å². The van der Waals surface area contributed by atoms with Crippen LogP contribution in [0.15, 0.2) is 11.6 Å². The van der Waals surface area contributed by atoms with Crippen molar-refractivity contribution in [3.8, 4) is 0 Å². The lowest BCUT2D eigenvalue weighted by Crippen LogP contribution is -2.49. The zero-order chi connectivity index (χ0) is 17.3. The van der Waals surface area contributed by atoms with Crippen LogP contribution in [0.1, 0.15) is 39.5 Å². The number of fused-ring (bicyclic) bond motifs is 1. The first-order valence-electron chi connectivity index (χ1n) is 9.71. The van der Waals surface area contributed by atoms with E-state index in [-0.39, 0.29) is 6.10 Å². The molecule has 2 fully saturated rings. The van der Waals surface area contributed by atoms with Crippen LogP contribution in [0, 0.1) is 17.3 Å². The van der Waals surface area contributed by atoms with Gasteiger partial charge in [-0.15, -0.1) is 0 Å². The van der Waals surface area contributed by atoms with Crippen molar-refractivity contribution in [3.05, 3.63) is 11.6 Å². The average Bonchev–Trinajstić information content (AvgIpc) is 2.55. The molecule has 1 N–H and O–H groups in total. The number of piperidine rings is 1. The largest absolute Gasteiger partial charge is 0.389 e. The van der Waals surface area contributed by atoms with Gasteiger partial charge in [-0.2, -0.15) is 0 Å².